The van der Waals surface area contributed by atoms with Gasteiger partial charge in [0.25, 0.3) is 0 Å². The van der Waals surface area contributed by atoms with E-state index in [1.165, 1.54) is 49.8 Å². The maximum atomic E-state index is 5.44. The Labute approximate surface area is 170 Å². The Morgan fingerprint density at radius 1 is 1.04 bits per heavy atom. The molecule has 3 fully saturated rings. The standard InChI is InChI=1S/C23H36N4O/c1-2-24-22(27-12-11-23(19-27)9-3-4-10-23)25-17-20-5-7-21(8-6-20)18-26-13-15-28-16-14-26/h5-8H,2-4,9-19H2,1H3,(H,24,25). The van der Waals surface area contributed by atoms with Crippen LogP contribution < -0.4 is 5.32 Å². The highest BCUT2D eigenvalue weighted by atomic mass is 16.5. The van der Waals surface area contributed by atoms with Gasteiger partial charge in [0.1, 0.15) is 0 Å². The normalized spacial score (nSPS) is 22.9. The number of likely N-dealkylation sites (tertiary alicyclic amines) is 1. The zero-order chi connectivity index (χ0) is 19.2. The molecular formula is C23H36N4O. The lowest BCUT2D eigenvalue weighted by Crippen LogP contribution is -2.41. The van der Waals surface area contributed by atoms with Crippen LogP contribution in [-0.4, -0.2) is 61.7 Å². The van der Waals surface area contributed by atoms with Crippen LogP contribution in [0.2, 0.25) is 0 Å². The lowest BCUT2D eigenvalue weighted by molar-refractivity contribution is 0.0342. The number of guanidine groups is 1. The fourth-order valence-corrected chi connectivity index (χ4v) is 5.01. The van der Waals surface area contributed by atoms with Crippen LogP contribution in [0.15, 0.2) is 29.3 Å². The lowest BCUT2D eigenvalue weighted by atomic mass is 9.86. The average Bonchev–Trinajstić information content (AvgIpc) is 3.37. The molecule has 28 heavy (non-hydrogen) atoms. The SMILES string of the molecule is CCNC(=NCc1ccc(CN2CCOCC2)cc1)N1CCC2(CCCC2)C1. The summed E-state index contributed by atoms with van der Waals surface area (Å²) in [4.78, 5) is 9.94. The van der Waals surface area contributed by atoms with Crippen molar-refractivity contribution in [2.75, 3.05) is 45.9 Å². The number of hydrogen-bond acceptors (Lipinski definition) is 3. The minimum Gasteiger partial charge on any atom is -0.379 e. The van der Waals surface area contributed by atoms with Crippen LogP contribution in [0.1, 0.15) is 50.2 Å². The van der Waals surface area contributed by atoms with Crippen molar-refractivity contribution in [3.63, 3.8) is 0 Å². The predicted octanol–water partition coefficient (Wildman–Crippen LogP) is 3.25. The second-order valence-electron chi connectivity index (χ2n) is 8.75. The van der Waals surface area contributed by atoms with E-state index in [1.807, 2.05) is 0 Å². The van der Waals surface area contributed by atoms with E-state index in [4.69, 9.17) is 9.73 Å². The molecule has 5 heteroatoms. The summed E-state index contributed by atoms with van der Waals surface area (Å²) in [5, 5.41) is 3.52. The van der Waals surface area contributed by atoms with Gasteiger partial charge < -0.3 is 15.0 Å². The molecule has 154 valence electrons. The summed E-state index contributed by atoms with van der Waals surface area (Å²) in [6.45, 7) is 11.0. The smallest absolute Gasteiger partial charge is 0.194 e. The van der Waals surface area contributed by atoms with Gasteiger partial charge in [-0.1, -0.05) is 37.1 Å². The molecule has 2 aliphatic heterocycles. The number of rotatable bonds is 5. The molecule has 1 aromatic rings. The average molecular weight is 385 g/mol. The summed E-state index contributed by atoms with van der Waals surface area (Å²) in [6.07, 6.45) is 6.99. The highest BCUT2D eigenvalue weighted by Crippen LogP contribution is 2.45. The third kappa shape index (κ3) is 4.87. The first-order chi connectivity index (χ1) is 13.8. The quantitative estimate of drug-likeness (QED) is 0.625. The minimum atomic E-state index is 0.581. The minimum absolute atomic E-state index is 0.581. The van der Waals surface area contributed by atoms with Crippen LogP contribution in [0.25, 0.3) is 0 Å². The van der Waals surface area contributed by atoms with Gasteiger partial charge in [-0.25, -0.2) is 4.99 Å². The molecule has 2 heterocycles. The molecule has 0 unspecified atom stereocenters. The number of hydrogen-bond donors (Lipinski definition) is 1. The molecule has 0 radical (unpaired) electrons. The molecule has 1 saturated carbocycles. The lowest BCUT2D eigenvalue weighted by Gasteiger charge is -2.26. The van der Waals surface area contributed by atoms with E-state index in [2.05, 4.69) is 46.3 Å². The highest BCUT2D eigenvalue weighted by molar-refractivity contribution is 5.80. The van der Waals surface area contributed by atoms with E-state index in [1.54, 1.807) is 0 Å². The molecule has 0 atom stereocenters. The Morgan fingerprint density at radius 3 is 2.46 bits per heavy atom. The van der Waals surface area contributed by atoms with Crippen LogP contribution in [0.4, 0.5) is 0 Å². The van der Waals surface area contributed by atoms with Gasteiger partial charge in [0, 0.05) is 39.3 Å². The fourth-order valence-electron chi connectivity index (χ4n) is 5.01. The van der Waals surface area contributed by atoms with Gasteiger partial charge in [-0.05, 0) is 42.7 Å². The summed E-state index contributed by atoms with van der Waals surface area (Å²) in [7, 11) is 0. The van der Waals surface area contributed by atoms with E-state index in [0.29, 0.717) is 5.41 Å². The van der Waals surface area contributed by atoms with Crippen molar-refractivity contribution in [2.45, 2.75) is 52.1 Å². The van der Waals surface area contributed by atoms with Crippen molar-refractivity contribution < 1.29 is 4.74 Å². The van der Waals surface area contributed by atoms with Crippen LogP contribution >= 0.6 is 0 Å². The largest absolute Gasteiger partial charge is 0.379 e. The molecule has 0 bridgehead atoms. The third-order valence-electron chi connectivity index (χ3n) is 6.68. The molecule has 0 aromatic heterocycles. The number of aliphatic imine (C=N–C) groups is 1. The van der Waals surface area contributed by atoms with Gasteiger partial charge >= 0.3 is 0 Å². The van der Waals surface area contributed by atoms with E-state index in [-0.39, 0.29) is 0 Å². The second kappa shape index (κ2) is 9.27. The molecule has 4 rings (SSSR count). The first-order valence-electron chi connectivity index (χ1n) is 11.2. The molecule has 1 aromatic carbocycles. The van der Waals surface area contributed by atoms with Gasteiger partial charge in [0.05, 0.1) is 19.8 Å². The molecule has 2 saturated heterocycles. The van der Waals surface area contributed by atoms with E-state index < -0.39 is 0 Å². The summed E-state index contributed by atoms with van der Waals surface area (Å²) >= 11 is 0. The van der Waals surface area contributed by atoms with Crippen molar-refractivity contribution >= 4 is 5.96 Å². The molecule has 0 amide bonds. The molecule has 5 nitrogen and oxygen atoms in total. The van der Waals surface area contributed by atoms with Crippen molar-refractivity contribution in [2.24, 2.45) is 10.4 Å². The monoisotopic (exact) mass is 384 g/mol. The van der Waals surface area contributed by atoms with E-state index in [9.17, 15) is 0 Å². The molecule has 1 N–H and O–H groups in total. The molecule has 3 aliphatic rings. The maximum absolute atomic E-state index is 5.44. The van der Waals surface area contributed by atoms with Crippen LogP contribution in [0.5, 0.6) is 0 Å². The number of nitrogens with zero attached hydrogens (tertiary/aromatic N) is 3. The molecular weight excluding hydrogens is 348 g/mol. The molecule has 1 aliphatic carbocycles. The summed E-state index contributed by atoms with van der Waals surface area (Å²) < 4.78 is 5.44. The number of benzene rings is 1. The van der Waals surface area contributed by atoms with Gasteiger partial charge in [-0.2, -0.15) is 0 Å². The van der Waals surface area contributed by atoms with Crippen LogP contribution in [0, 0.1) is 5.41 Å². The van der Waals surface area contributed by atoms with Crippen molar-refractivity contribution in [3.8, 4) is 0 Å². The topological polar surface area (TPSA) is 40.1 Å². The Bertz CT molecular complexity index is 645. The number of ether oxygens (including phenoxy) is 1. The molecule has 1 spiro atoms. The van der Waals surface area contributed by atoms with Gasteiger partial charge in [-0.3, -0.25) is 4.90 Å². The van der Waals surface area contributed by atoms with Gasteiger partial charge in [0.2, 0.25) is 0 Å². The Hall–Kier alpha value is -1.59. The number of nitrogens with one attached hydrogen (secondary N) is 1. The summed E-state index contributed by atoms with van der Waals surface area (Å²) in [5.41, 5.74) is 3.25. The van der Waals surface area contributed by atoms with Crippen LogP contribution in [0.3, 0.4) is 0 Å². The Morgan fingerprint density at radius 2 is 1.75 bits per heavy atom. The number of morpholine rings is 1. The first kappa shape index (κ1) is 19.7. The summed E-state index contributed by atoms with van der Waals surface area (Å²) in [6, 6.07) is 9.00. The van der Waals surface area contributed by atoms with E-state index in [0.717, 1.165) is 58.4 Å². The Kier molecular flexibility index (Phi) is 6.53. The van der Waals surface area contributed by atoms with Gasteiger partial charge in [-0.15, -0.1) is 0 Å². The zero-order valence-corrected chi connectivity index (χ0v) is 17.5. The zero-order valence-electron chi connectivity index (χ0n) is 17.5. The summed E-state index contributed by atoms with van der Waals surface area (Å²) in [5.74, 6) is 1.10. The van der Waals surface area contributed by atoms with Crippen molar-refractivity contribution in [1.82, 2.24) is 15.1 Å². The Balaban J connectivity index is 1.34. The van der Waals surface area contributed by atoms with E-state index >= 15 is 0 Å². The fraction of sp³-hybridized carbons (Fsp3) is 0.696. The first-order valence-corrected chi connectivity index (χ1v) is 11.2. The second-order valence-corrected chi connectivity index (χ2v) is 8.75. The van der Waals surface area contributed by atoms with Gasteiger partial charge in [0.15, 0.2) is 5.96 Å². The predicted molar refractivity (Wildman–Crippen MR) is 114 cm³/mol. The highest BCUT2D eigenvalue weighted by Gasteiger charge is 2.41. The third-order valence-corrected chi connectivity index (χ3v) is 6.68. The van der Waals surface area contributed by atoms with Crippen molar-refractivity contribution in [3.05, 3.63) is 35.4 Å². The van der Waals surface area contributed by atoms with Crippen molar-refractivity contribution in [1.29, 1.82) is 0 Å². The van der Waals surface area contributed by atoms with Crippen LogP contribution in [-0.2, 0) is 17.8 Å². The maximum Gasteiger partial charge on any atom is 0.194 e.